The van der Waals surface area contributed by atoms with Crippen molar-refractivity contribution < 1.29 is 0 Å². The van der Waals surface area contributed by atoms with Crippen molar-refractivity contribution in [3.05, 3.63) is 0 Å². The molecular weight excluding hydrogens is 256 g/mol. The molecular formula is C19H38N2. The van der Waals surface area contributed by atoms with Crippen molar-refractivity contribution in [2.45, 2.75) is 91.8 Å². The maximum Gasteiger partial charge on any atom is 0.0255 e. The summed E-state index contributed by atoms with van der Waals surface area (Å²) in [4.78, 5) is 2.84. The van der Waals surface area contributed by atoms with Crippen LogP contribution in [0.2, 0.25) is 0 Å². The van der Waals surface area contributed by atoms with Gasteiger partial charge in [-0.05, 0) is 62.8 Å². The molecule has 0 radical (unpaired) electrons. The van der Waals surface area contributed by atoms with E-state index in [1.165, 1.54) is 45.2 Å². The summed E-state index contributed by atoms with van der Waals surface area (Å²) in [5.41, 5.74) is 0.461. The van der Waals surface area contributed by atoms with Crippen molar-refractivity contribution >= 4 is 0 Å². The van der Waals surface area contributed by atoms with Crippen LogP contribution in [0, 0.1) is 17.3 Å². The van der Waals surface area contributed by atoms with E-state index in [4.69, 9.17) is 0 Å². The lowest BCUT2D eigenvalue weighted by Gasteiger charge is -2.47. The summed E-state index contributed by atoms with van der Waals surface area (Å²) in [5.74, 6) is 1.76. The Kier molecular flexibility index (Phi) is 5.76. The molecule has 0 spiro atoms. The third-order valence-electron chi connectivity index (χ3n) is 5.96. The second-order valence-electron chi connectivity index (χ2n) is 8.89. The summed E-state index contributed by atoms with van der Waals surface area (Å²) in [7, 11) is 0. The number of nitrogens with one attached hydrogen (secondary N) is 1. The molecule has 2 nitrogen and oxygen atoms in total. The quantitative estimate of drug-likeness (QED) is 0.831. The molecule has 2 aliphatic rings. The largest absolute Gasteiger partial charge is 0.312 e. The molecule has 1 heterocycles. The molecule has 0 aromatic rings. The van der Waals surface area contributed by atoms with E-state index in [1.807, 2.05) is 0 Å². The first-order chi connectivity index (χ1) is 9.82. The highest BCUT2D eigenvalue weighted by Crippen LogP contribution is 2.41. The molecule has 0 aromatic carbocycles. The van der Waals surface area contributed by atoms with Gasteiger partial charge in [0, 0.05) is 24.7 Å². The van der Waals surface area contributed by atoms with Crippen LogP contribution in [0.4, 0.5) is 0 Å². The first kappa shape index (κ1) is 17.3. The predicted molar refractivity (Wildman–Crippen MR) is 92.6 cm³/mol. The Morgan fingerprint density at radius 3 is 2.33 bits per heavy atom. The van der Waals surface area contributed by atoms with Gasteiger partial charge >= 0.3 is 0 Å². The standard InChI is InChI=1S/C19H38N2/c1-7-10-20-17-9-8-16(19(4,5)6)12-18(17)21-13-14(2)11-15(21)3/h14-18,20H,7-13H2,1-6H3. The van der Waals surface area contributed by atoms with Crippen LogP contribution in [0.1, 0.15) is 73.6 Å². The first-order valence-electron chi connectivity index (χ1n) is 9.32. The van der Waals surface area contributed by atoms with E-state index < -0.39 is 0 Å². The van der Waals surface area contributed by atoms with Gasteiger partial charge < -0.3 is 5.32 Å². The van der Waals surface area contributed by atoms with Crippen molar-refractivity contribution in [3.8, 4) is 0 Å². The lowest BCUT2D eigenvalue weighted by Crippen LogP contribution is -2.55. The Morgan fingerprint density at radius 1 is 1.10 bits per heavy atom. The fourth-order valence-electron chi connectivity index (χ4n) is 4.66. The van der Waals surface area contributed by atoms with Crippen molar-refractivity contribution in [1.82, 2.24) is 10.2 Å². The summed E-state index contributed by atoms with van der Waals surface area (Å²) in [6.45, 7) is 16.9. The Morgan fingerprint density at radius 2 is 1.81 bits per heavy atom. The first-order valence-corrected chi connectivity index (χ1v) is 9.32. The van der Waals surface area contributed by atoms with Crippen LogP contribution < -0.4 is 5.32 Å². The van der Waals surface area contributed by atoms with E-state index in [9.17, 15) is 0 Å². The minimum absolute atomic E-state index is 0.461. The van der Waals surface area contributed by atoms with Gasteiger partial charge in [0.15, 0.2) is 0 Å². The lowest BCUT2D eigenvalue weighted by molar-refractivity contribution is 0.0533. The molecule has 0 bridgehead atoms. The zero-order valence-corrected chi connectivity index (χ0v) is 15.3. The summed E-state index contributed by atoms with van der Waals surface area (Å²) >= 11 is 0. The fraction of sp³-hybridized carbons (Fsp3) is 1.00. The maximum atomic E-state index is 3.86. The molecule has 2 heteroatoms. The Hall–Kier alpha value is -0.0800. The Bertz CT molecular complexity index is 320. The molecule has 1 N–H and O–H groups in total. The predicted octanol–water partition coefficient (Wildman–Crippen LogP) is 4.30. The lowest BCUT2D eigenvalue weighted by atomic mass is 9.69. The molecule has 5 unspecified atom stereocenters. The van der Waals surface area contributed by atoms with E-state index in [0.29, 0.717) is 5.41 Å². The molecule has 2 rings (SSSR count). The van der Waals surface area contributed by atoms with E-state index >= 15 is 0 Å². The summed E-state index contributed by atoms with van der Waals surface area (Å²) in [6, 6.07) is 2.25. The molecule has 0 aromatic heterocycles. The minimum Gasteiger partial charge on any atom is -0.312 e. The fourth-order valence-corrected chi connectivity index (χ4v) is 4.66. The molecule has 1 saturated heterocycles. The maximum absolute atomic E-state index is 3.86. The second-order valence-corrected chi connectivity index (χ2v) is 8.89. The van der Waals surface area contributed by atoms with Gasteiger partial charge in [-0.25, -0.2) is 0 Å². The number of rotatable bonds is 4. The van der Waals surface area contributed by atoms with Crippen LogP contribution in [-0.2, 0) is 0 Å². The van der Waals surface area contributed by atoms with Crippen LogP contribution in [0.25, 0.3) is 0 Å². The molecule has 124 valence electrons. The van der Waals surface area contributed by atoms with Crippen LogP contribution in [0.15, 0.2) is 0 Å². The third-order valence-corrected chi connectivity index (χ3v) is 5.96. The molecule has 21 heavy (non-hydrogen) atoms. The highest BCUT2D eigenvalue weighted by atomic mass is 15.2. The molecule has 0 amide bonds. The van der Waals surface area contributed by atoms with Crippen LogP contribution >= 0.6 is 0 Å². The zero-order chi connectivity index (χ0) is 15.6. The highest BCUT2D eigenvalue weighted by Gasteiger charge is 2.41. The average molecular weight is 295 g/mol. The topological polar surface area (TPSA) is 15.3 Å². The number of hydrogen-bond donors (Lipinski definition) is 1. The van der Waals surface area contributed by atoms with E-state index in [0.717, 1.165) is 30.0 Å². The van der Waals surface area contributed by atoms with Gasteiger partial charge in [0.2, 0.25) is 0 Å². The number of nitrogens with zero attached hydrogens (tertiary/aromatic N) is 1. The number of likely N-dealkylation sites (tertiary alicyclic amines) is 1. The van der Waals surface area contributed by atoms with E-state index in [-0.39, 0.29) is 0 Å². The molecule has 1 aliphatic heterocycles. The average Bonchev–Trinajstić information content (AvgIpc) is 2.74. The Balaban J connectivity index is 2.09. The van der Waals surface area contributed by atoms with Crippen molar-refractivity contribution in [2.75, 3.05) is 13.1 Å². The summed E-state index contributed by atoms with van der Waals surface area (Å²) < 4.78 is 0. The van der Waals surface area contributed by atoms with E-state index in [1.54, 1.807) is 0 Å². The normalized spacial score (nSPS) is 38.9. The SMILES string of the molecule is CCCNC1CCC(C(C)(C)C)CC1N1CC(C)CC1C. The van der Waals surface area contributed by atoms with Crippen LogP contribution in [-0.4, -0.2) is 36.1 Å². The summed E-state index contributed by atoms with van der Waals surface area (Å²) in [6.07, 6.45) is 6.79. The van der Waals surface area contributed by atoms with Gasteiger partial charge in [0.1, 0.15) is 0 Å². The van der Waals surface area contributed by atoms with Crippen LogP contribution in [0.5, 0.6) is 0 Å². The van der Waals surface area contributed by atoms with Gasteiger partial charge in [-0.3, -0.25) is 4.90 Å². The van der Waals surface area contributed by atoms with E-state index in [2.05, 4.69) is 51.8 Å². The van der Waals surface area contributed by atoms with Gasteiger partial charge in [-0.1, -0.05) is 34.6 Å². The molecule has 5 atom stereocenters. The number of hydrogen-bond acceptors (Lipinski definition) is 2. The van der Waals surface area contributed by atoms with Crippen molar-refractivity contribution in [1.29, 1.82) is 0 Å². The second kappa shape index (κ2) is 7.00. The van der Waals surface area contributed by atoms with Crippen molar-refractivity contribution in [2.24, 2.45) is 17.3 Å². The zero-order valence-electron chi connectivity index (χ0n) is 15.3. The van der Waals surface area contributed by atoms with Gasteiger partial charge in [0.05, 0.1) is 0 Å². The molecule has 2 fully saturated rings. The minimum atomic E-state index is 0.461. The van der Waals surface area contributed by atoms with Gasteiger partial charge in [-0.15, -0.1) is 0 Å². The monoisotopic (exact) mass is 294 g/mol. The highest BCUT2D eigenvalue weighted by molar-refractivity contribution is 4.97. The molecule has 1 aliphatic carbocycles. The van der Waals surface area contributed by atoms with Gasteiger partial charge in [-0.2, -0.15) is 0 Å². The smallest absolute Gasteiger partial charge is 0.0255 e. The van der Waals surface area contributed by atoms with Gasteiger partial charge in [0.25, 0.3) is 0 Å². The molecule has 1 saturated carbocycles. The Labute approximate surface area is 133 Å². The summed E-state index contributed by atoms with van der Waals surface area (Å²) in [5, 5.41) is 3.86. The van der Waals surface area contributed by atoms with Crippen LogP contribution in [0.3, 0.4) is 0 Å². The van der Waals surface area contributed by atoms with Crippen molar-refractivity contribution in [3.63, 3.8) is 0 Å². The third kappa shape index (κ3) is 4.22.